The molecule has 0 aliphatic rings. The van der Waals surface area contributed by atoms with E-state index in [1.54, 1.807) is 0 Å². The van der Waals surface area contributed by atoms with E-state index in [1.165, 1.54) is 16.7 Å². The van der Waals surface area contributed by atoms with Crippen molar-refractivity contribution in [1.29, 1.82) is 0 Å². The fourth-order valence-electron chi connectivity index (χ4n) is 1.48. The Balaban J connectivity index is 2.58. The van der Waals surface area contributed by atoms with Crippen LogP contribution >= 0.6 is 20.8 Å². The zero-order valence-electron chi connectivity index (χ0n) is 10.5. The third-order valence-corrected chi connectivity index (χ3v) is 4.36. The van der Waals surface area contributed by atoms with Gasteiger partial charge in [-0.2, -0.15) is 0 Å². The fourth-order valence-corrected chi connectivity index (χ4v) is 2.86. The molecule has 0 aliphatic carbocycles. The first-order valence-electron chi connectivity index (χ1n) is 5.83. The highest BCUT2D eigenvalue weighted by atomic mass is 32.1. The van der Waals surface area contributed by atoms with Gasteiger partial charge >= 0.3 is 0 Å². The Kier molecular flexibility index (Phi) is 6.32. The van der Waals surface area contributed by atoms with Crippen molar-refractivity contribution >= 4 is 25.4 Å². The first kappa shape index (κ1) is 14.3. The van der Waals surface area contributed by atoms with Crippen LogP contribution in [0.15, 0.2) is 48.6 Å². The largest absolute Gasteiger partial charge is 0.0988 e. The lowest BCUT2D eigenvalue weighted by atomic mass is 10.2. The van der Waals surface area contributed by atoms with E-state index in [0.717, 1.165) is 17.2 Å². The van der Waals surface area contributed by atoms with Crippen molar-refractivity contribution < 1.29 is 0 Å². The summed E-state index contributed by atoms with van der Waals surface area (Å²) in [4.78, 5) is 0. The Morgan fingerprint density at radius 3 is 2.53 bits per heavy atom. The topological polar surface area (TPSA) is 0 Å². The molecule has 1 unspecified atom stereocenters. The summed E-state index contributed by atoms with van der Waals surface area (Å²) in [5.41, 5.74) is 3.77. The Morgan fingerprint density at radius 2 is 2.00 bits per heavy atom. The second-order valence-electron chi connectivity index (χ2n) is 3.94. The first-order valence-corrected chi connectivity index (χ1v) is 7.45. The fraction of sp³-hybridized carbons (Fsp3) is 0.267. The molecule has 0 fully saturated rings. The summed E-state index contributed by atoms with van der Waals surface area (Å²) in [6, 6.07) is 8.45. The predicted molar refractivity (Wildman–Crippen MR) is 84.6 cm³/mol. The molecule has 0 nitrogen and oxygen atoms in total. The Morgan fingerprint density at radius 1 is 1.35 bits per heavy atom. The Bertz CT molecular complexity index is 415. The Labute approximate surface area is 112 Å². The summed E-state index contributed by atoms with van der Waals surface area (Å²) >= 11 is 5.47. The summed E-state index contributed by atoms with van der Waals surface area (Å²) in [5.74, 6) is 0. The lowest BCUT2D eigenvalue weighted by Gasteiger charge is -2.05. The summed E-state index contributed by atoms with van der Waals surface area (Å²) in [7, 11) is 0.669. The highest BCUT2D eigenvalue weighted by molar-refractivity contribution is 7.94. The molecule has 0 radical (unpaired) electrons. The molecule has 0 N–H and O–H groups in total. The normalized spacial score (nSPS) is 12.0. The van der Waals surface area contributed by atoms with E-state index in [9.17, 15) is 0 Å². The van der Waals surface area contributed by atoms with Crippen molar-refractivity contribution in [1.82, 2.24) is 0 Å². The van der Waals surface area contributed by atoms with Gasteiger partial charge in [0.05, 0.1) is 0 Å². The van der Waals surface area contributed by atoms with Gasteiger partial charge in [0.15, 0.2) is 0 Å². The van der Waals surface area contributed by atoms with Crippen molar-refractivity contribution in [3.63, 3.8) is 0 Å². The lowest BCUT2D eigenvalue weighted by Crippen LogP contribution is -1.92. The van der Waals surface area contributed by atoms with Gasteiger partial charge in [0.1, 0.15) is 0 Å². The maximum absolute atomic E-state index is 5.47. The number of hydrogen-bond acceptors (Lipinski definition) is 1. The molecule has 17 heavy (non-hydrogen) atoms. The standard InChI is InChI=1S/C15H19PS/c1-4-6-13(5-2)11-16-15(17)14-9-7-12(3)8-10-14/h5-10,16H,2,4,11H2,1,3H3/b13-6+. The molecule has 0 saturated heterocycles. The molecular weight excluding hydrogens is 243 g/mol. The second kappa shape index (κ2) is 7.53. The quantitative estimate of drug-likeness (QED) is 0.400. The monoisotopic (exact) mass is 262 g/mol. The third-order valence-electron chi connectivity index (χ3n) is 2.50. The van der Waals surface area contributed by atoms with Crippen LogP contribution < -0.4 is 0 Å². The van der Waals surface area contributed by atoms with Gasteiger partial charge in [-0.1, -0.05) is 76.3 Å². The van der Waals surface area contributed by atoms with Gasteiger partial charge in [-0.05, 0) is 30.6 Å². The second-order valence-corrected chi connectivity index (χ2v) is 5.92. The number of thiocarbonyl (C=S) groups is 1. The van der Waals surface area contributed by atoms with Crippen LogP contribution in [-0.2, 0) is 0 Å². The summed E-state index contributed by atoms with van der Waals surface area (Å²) < 4.78 is 1.06. The first-order chi connectivity index (χ1) is 8.17. The molecule has 90 valence electrons. The van der Waals surface area contributed by atoms with E-state index < -0.39 is 0 Å². The van der Waals surface area contributed by atoms with E-state index in [4.69, 9.17) is 12.2 Å². The smallest absolute Gasteiger partial charge is 0.0428 e. The van der Waals surface area contributed by atoms with Gasteiger partial charge in [-0.3, -0.25) is 0 Å². The minimum Gasteiger partial charge on any atom is -0.0988 e. The van der Waals surface area contributed by atoms with Crippen LogP contribution in [0.5, 0.6) is 0 Å². The minimum absolute atomic E-state index is 0.669. The van der Waals surface area contributed by atoms with Crippen molar-refractivity contribution in [3.8, 4) is 0 Å². The Hall–Kier alpha value is -0.780. The lowest BCUT2D eigenvalue weighted by molar-refractivity contribution is 1.20. The van der Waals surface area contributed by atoms with Gasteiger partial charge in [0.2, 0.25) is 0 Å². The molecule has 0 spiro atoms. The predicted octanol–water partition coefficient (Wildman–Crippen LogP) is 4.87. The molecule has 1 rings (SSSR count). The molecule has 0 aromatic heterocycles. The van der Waals surface area contributed by atoms with E-state index in [-0.39, 0.29) is 0 Å². The van der Waals surface area contributed by atoms with Crippen LogP contribution in [0.1, 0.15) is 24.5 Å². The number of aryl methyl sites for hydroxylation is 1. The average Bonchev–Trinajstić information content (AvgIpc) is 2.35. The van der Waals surface area contributed by atoms with Crippen molar-refractivity contribution in [2.24, 2.45) is 0 Å². The molecule has 2 heteroatoms. The van der Waals surface area contributed by atoms with Crippen molar-refractivity contribution in [2.45, 2.75) is 20.3 Å². The summed E-state index contributed by atoms with van der Waals surface area (Å²) in [6.45, 7) is 8.07. The van der Waals surface area contributed by atoms with Gasteiger partial charge in [0.25, 0.3) is 0 Å². The van der Waals surface area contributed by atoms with E-state index in [1.807, 2.05) is 6.08 Å². The van der Waals surface area contributed by atoms with E-state index in [2.05, 4.69) is 50.8 Å². The molecule has 1 atom stereocenters. The third kappa shape index (κ3) is 4.93. The molecule has 0 bridgehead atoms. The van der Waals surface area contributed by atoms with Crippen LogP contribution in [0.3, 0.4) is 0 Å². The van der Waals surface area contributed by atoms with Crippen LogP contribution in [0.2, 0.25) is 0 Å². The summed E-state index contributed by atoms with van der Waals surface area (Å²) in [5, 5.41) is 0. The van der Waals surface area contributed by atoms with Crippen molar-refractivity contribution in [2.75, 3.05) is 6.16 Å². The summed E-state index contributed by atoms with van der Waals surface area (Å²) in [6.07, 6.45) is 6.24. The number of hydrogen-bond donors (Lipinski definition) is 0. The van der Waals surface area contributed by atoms with Crippen LogP contribution in [0.4, 0.5) is 0 Å². The highest BCUT2D eigenvalue weighted by Gasteiger charge is 2.01. The molecule has 1 aromatic rings. The maximum Gasteiger partial charge on any atom is 0.0428 e. The maximum atomic E-state index is 5.47. The molecule has 0 amide bonds. The number of allylic oxidation sites excluding steroid dienone is 3. The SMILES string of the molecule is C=C/C(=C\CC)CPC(=S)c1ccc(C)cc1. The molecule has 0 heterocycles. The number of rotatable bonds is 6. The van der Waals surface area contributed by atoms with Gasteiger partial charge < -0.3 is 0 Å². The van der Waals surface area contributed by atoms with Gasteiger partial charge in [0, 0.05) is 4.61 Å². The van der Waals surface area contributed by atoms with Gasteiger partial charge in [-0.15, -0.1) is 0 Å². The zero-order chi connectivity index (χ0) is 12.7. The molecule has 1 aromatic carbocycles. The minimum atomic E-state index is 0.669. The van der Waals surface area contributed by atoms with Crippen molar-refractivity contribution in [3.05, 3.63) is 59.7 Å². The average molecular weight is 262 g/mol. The van der Waals surface area contributed by atoms with Gasteiger partial charge in [-0.25, -0.2) is 0 Å². The molecular formula is C15H19PS. The van der Waals surface area contributed by atoms with Crippen LogP contribution in [-0.4, -0.2) is 10.8 Å². The van der Waals surface area contributed by atoms with E-state index >= 15 is 0 Å². The number of benzene rings is 1. The van der Waals surface area contributed by atoms with Crippen LogP contribution in [0, 0.1) is 6.92 Å². The van der Waals surface area contributed by atoms with E-state index in [0.29, 0.717) is 8.58 Å². The highest BCUT2D eigenvalue weighted by Crippen LogP contribution is 2.23. The van der Waals surface area contributed by atoms with Crippen LogP contribution in [0.25, 0.3) is 0 Å². The molecule has 0 aliphatic heterocycles. The molecule has 0 saturated carbocycles. The zero-order valence-corrected chi connectivity index (χ0v) is 12.3.